The Labute approximate surface area is 107 Å². The number of morpholine rings is 1. The predicted octanol–water partition coefficient (Wildman–Crippen LogP) is 3.01. The van der Waals surface area contributed by atoms with E-state index in [2.05, 4.69) is 33.6 Å². The predicted molar refractivity (Wildman–Crippen MR) is 74.0 cm³/mol. The zero-order valence-corrected chi connectivity index (χ0v) is 11.7. The summed E-state index contributed by atoms with van der Waals surface area (Å²) in [5, 5.41) is 0. The molecular weight excluding hydrogens is 210 g/mol. The minimum absolute atomic E-state index is 0.632. The van der Waals surface area contributed by atoms with Gasteiger partial charge in [0.25, 0.3) is 0 Å². The maximum absolute atomic E-state index is 5.43. The van der Waals surface area contributed by atoms with Crippen LogP contribution in [0.25, 0.3) is 0 Å². The molecule has 0 amide bonds. The Hall–Kier alpha value is -0.600. The highest BCUT2D eigenvalue weighted by molar-refractivity contribution is 4.98. The molecule has 0 spiro atoms. The van der Waals surface area contributed by atoms with Crippen LogP contribution < -0.4 is 0 Å². The Balaban J connectivity index is 2.33. The summed E-state index contributed by atoms with van der Waals surface area (Å²) in [6.07, 6.45) is 6.83. The quantitative estimate of drug-likeness (QED) is 0.510. The van der Waals surface area contributed by atoms with E-state index >= 15 is 0 Å². The Morgan fingerprint density at radius 2 is 2.06 bits per heavy atom. The van der Waals surface area contributed by atoms with Crippen molar-refractivity contribution in [3.8, 4) is 0 Å². The van der Waals surface area contributed by atoms with Crippen LogP contribution in [0.1, 0.15) is 26.7 Å². The molecule has 1 aliphatic heterocycles. The van der Waals surface area contributed by atoms with Crippen LogP contribution >= 0.6 is 0 Å². The highest BCUT2D eigenvalue weighted by Crippen LogP contribution is 2.13. The van der Waals surface area contributed by atoms with Crippen molar-refractivity contribution in [2.45, 2.75) is 26.7 Å². The number of likely N-dealkylation sites (N-methyl/N-ethyl adjacent to an activating group) is 1. The van der Waals surface area contributed by atoms with E-state index in [4.69, 9.17) is 4.74 Å². The molecule has 0 aromatic heterocycles. The molecule has 1 fully saturated rings. The molecule has 2 heteroatoms. The highest BCUT2D eigenvalue weighted by Gasteiger charge is 2.24. The third-order valence-electron chi connectivity index (χ3n) is 3.70. The van der Waals surface area contributed by atoms with Gasteiger partial charge in [-0.2, -0.15) is 0 Å². The summed E-state index contributed by atoms with van der Waals surface area (Å²) < 4.78 is 6.57. The Morgan fingerprint density at radius 1 is 1.41 bits per heavy atom. The lowest BCUT2D eigenvalue weighted by Crippen LogP contribution is -2.52. The van der Waals surface area contributed by atoms with Gasteiger partial charge in [-0.25, -0.2) is 0 Å². The smallest absolute Gasteiger partial charge is 0.103 e. The van der Waals surface area contributed by atoms with Crippen molar-refractivity contribution in [1.29, 1.82) is 0 Å². The van der Waals surface area contributed by atoms with E-state index in [0.717, 1.165) is 30.8 Å². The van der Waals surface area contributed by atoms with Crippen LogP contribution in [0.4, 0.5) is 0 Å². The summed E-state index contributed by atoms with van der Waals surface area (Å²) >= 11 is 0. The van der Waals surface area contributed by atoms with E-state index in [9.17, 15) is 0 Å². The molecule has 0 bridgehead atoms. The molecule has 1 rings (SSSR count). The van der Waals surface area contributed by atoms with Gasteiger partial charge in [-0.1, -0.05) is 19.1 Å². The second kappa shape index (κ2) is 6.97. The standard InChI is InChI=1S/C15H28NO/c1-5-14(2)7-6-8-15(3)13-16(4)9-11-17-12-10-16/h5,8,14H,1,6-7,9-13H2,2-4H3/q+1/b15-8+. The van der Waals surface area contributed by atoms with Crippen molar-refractivity contribution in [3.05, 3.63) is 24.3 Å². The molecule has 0 saturated carbocycles. The van der Waals surface area contributed by atoms with Crippen LogP contribution in [0.5, 0.6) is 0 Å². The fourth-order valence-corrected chi connectivity index (χ4v) is 2.32. The third kappa shape index (κ3) is 5.51. The largest absolute Gasteiger partial charge is 0.370 e. The van der Waals surface area contributed by atoms with Crippen LogP contribution in [0.3, 0.4) is 0 Å². The second-order valence-electron chi connectivity index (χ2n) is 5.68. The van der Waals surface area contributed by atoms with Gasteiger partial charge < -0.3 is 9.22 Å². The number of rotatable bonds is 6. The Bertz CT molecular complexity index is 264. The number of quaternary nitrogens is 1. The van der Waals surface area contributed by atoms with Crippen LogP contribution in [0.15, 0.2) is 24.3 Å². The molecule has 98 valence electrons. The molecule has 0 aromatic carbocycles. The number of nitrogens with zero attached hydrogens (tertiary/aromatic N) is 1. The van der Waals surface area contributed by atoms with Crippen molar-refractivity contribution in [2.75, 3.05) is 39.9 Å². The summed E-state index contributed by atoms with van der Waals surface area (Å²) in [4.78, 5) is 0. The molecule has 0 N–H and O–H groups in total. The average molecular weight is 238 g/mol. The van der Waals surface area contributed by atoms with Gasteiger partial charge in [0.1, 0.15) is 13.1 Å². The van der Waals surface area contributed by atoms with E-state index < -0.39 is 0 Å². The molecule has 1 heterocycles. The fraction of sp³-hybridized carbons (Fsp3) is 0.733. The van der Waals surface area contributed by atoms with E-state index in [0.29, 0.717) is 5.92 Å². The summed E-state index contributed by atoms with van der Waals surface area (Å²) in [5.74, 6) is 0.632. The van der Waals surface area contributed by atoms with E-state index in [1.54, 1.807) is 0 Å². The molecule has 2 nitrogen and oxygen atoms in total. The minimum atomic E-state index is 0.632. The van der Waals surface area contributed by atoms with Gasteiger partial charge in [-0.15, -0.1) is 6.58 Å². The van der Waals surface area contributed by atoms with Gasteiger partial charge in [0.2, 0.25) is 0 Å². The van der Waals surface area contributed by atoms with Crippen LogP contribution in [-0.4, -0.2) is 44.4 Å². The molecule has 0 aromatic rings. The van der Waals surface area contributed by atoms with Gasteiger partial charge >= 0.3 is 0 Å². The first kappa shape index (κ1) is 14.5. The molecule has 1 unspecified atom stereocenters. The second-order valence-corrected chi connectivity index (χ2v) is 5.68. The summed E-state index contributed by atoms with van der Waals surface area (Å²) in [5.41, 5.74) is 1.52. The number of hydrogen-bond donors (Lipinski definition) is 0. The Kier molecular flexibility index (Phi) is 5.93. The summed E-state index contributed by atoms with van der Waals surface area (Å²) in [6, 6.07) is 0. The van der Waals surface area contributed by atoms with Crippen molar-refractivity contribution < 1.29 is 9.22 Å². The molecule has 1 aliphatic rings. The molecule has 17 heavy (non-hydrogen) atoms. The van der Waals surface area contributed by atoms with E-state index in [-0.39, 0.29) is 0 Å². The monoisotopic (exact) mass is 238 g/mol. The van der Waals surface area contributed by atoms with Crippen molar-refractivity contribution in [3.63, 3.8) is 0 Å². The van der Waals surface area contributed by atoms with Gasteiger partial charge in [0, 0.05) is 0 Å². The maximum atomic E-state index is 5.43. The number of allylic oxidation sites excluding steroid dienone is 2. The van der Waals surface area contributed by atoms with Gasteiger partial charge in [-0.3, -0.25) is 0 Å². The molecule has 0 aliphatic carbocycles. The normalized spacial score (nSPS) is 22.2. The lowest BCUT2D eigenvalue weighted by atomic mass is 10.0. The van der Waals surface area contributed by atoms with Crippen LogP contribution in [0.2, 0.25) is 0 Å². The molecule has 1 atom stereocenters. The topological polar surface area (TPSA) is 9.23 Å². The number of hydrogen-bond acceptors (Lipinski definition) is 1. The lowest BCUT2D eigenvalue weighted by molar-refractivity contribution is -0.912. The lowest BCUT2D eigenvalue weighted by Gasteiger charge is -2.37. The first-order chi connectivity index (χ1) is 8.06. The zero-order chi connectivity index (χ0) is 12.7. The van der Waals surface area contributed by atoms with Crippen LogP contribution in [-0.2, 0) is 4.74 Å². The highest BCUT2D eigenvalue weighted by atomic mass is 16.5. The SMILES string of the molecule is C=CC(C)CC/C=C(\C)C[N+]1(C)CCOCC1. The van der Waals surface area contributed by atoms with E-state index in [1.165, 1.54) is 25.0 Å². The average Bonchev–Trinajstić information content (AvgIpc) is 2.29. The third-order valence-corrected chi connectivity index (χ3v) is 3.70. The van der Waals surface area contributed by atoms with Gasteiger partial charge in [-0.05, 0) is 31.3 Å². The first-order valence-electron chi connectivity index (χ1n) is 6.75. The molecular formula is C15H28NO+. The first-order valence-corrected chi connectivity index (χ1v) is 6.75. The van der Waals surface area contributed by atoms with Crippen LogP contribution in [0, 0.1) is 5.92 Å². The Morgan fingerprint density at radius 3 is 2.65 bits per heavy atom. The van der Waals surface area contributed by atoms with Crippen molar-refractivity contribution in [2.24, 2.45) is 5.92 Å². The summed E-state index contributed by atoms with van der Waals surface area (Å²) in [6.45, 7) is 13.6. The molecule has 0 radical (unpaired) electrons. The van der Waals surface area contributed by atoms with Crippen molar-refractivity contribution >= 4 is 0 Å². The fourth-order valence-electron chi connectivity index (χ4n) is 2.32. The maximum Gasteiger partial charge on any atom is 0.103 e. The minimum Gasteiger partial charge on any atom is -0.370 e. The zero-order valence-electron chi connectivity index (χ0n) is 11.7. The summed E-state index contributed by atoms with van der Waals surface area (Å²) in [7, 11) is 2.34. The van der Waals surface area contributed by atoms with E-state index in [1.807, 2.05) is 6.08 Å². The van der Waals surface area contributed by atoms with Gasteiger partial charge in [0.05, 0.1) is 26.8 Å². The van der Waals surface area contributed by atoms with Gasteiger partial charge in [0.15, 0.2) is 0 Å². The molecule has 1 saturated heterocycles. The van der Waals surface area contributed by atoms with Crippen molar-refractivity contribution in [1.82, 2.24) is 0 Å². The number of ether oxygens (including phenoxy) is 1.